The number of aliphatic hydroxyl groups excluding tert-OH is 1. The molecule has 4 aliphatic rings. The Hall–Kier alpha value is -2.55. The molecule has 0 unspecified atom stereocenters. The lowest BCUT2D eigenvalue weighted by Gasteiger charge is -2.53. The van der Waals surface area contributed by atoms with Crippen molar-refractivity contribution in [2.75, 3.05) is 6.61 Å². The lowest BCUT2D eigenvalue weighted by Crippen LogP contribution is -2.66. The minimum absolute atomic E-state index is 0.127. The van der Waals surface area contributed by atoms with E-state index < -0.39 is 76.3 Å². The summed E-state index contributed by atoms with van der Waals surface area (Å²) in [6, 6.07) is 0. The number of fused-ring (bicyclic) bond motifs is 5. The topological polar surface area (TPSA) is 130 Å². The highest BCUT2D eigenvalue weighted by molar-refractivity contribution is 6.04. The fourth-order valence-electron chi connectivity index (χ4n) is 8.05. The third-order valence-corrected chi connectivity index (χ3v) is 9.97. The molecule has 0 aliphatic heterocycles. The molecular weight excluding hydrogens is 512 g/mol. The zero-order chi connectivity index (χ0) is 29.7. The first kappa shape index (κ1) is 30.4. The van der Waals surface area contributed by atoms with Gasteiger partial charge in [-0.3, -0.25) is 9.59 Å². The summed E-state index contributed by atoms with van der Waals surface area (Å²) in [6.45, 7) is 10.2. The third-order valence-electron chi connectivity index (χ3n) is 9.97. The normalized spacial score (nSPS) is 39.6. The van der Waals surface area contributed by atoms with E-state index in [2.05, 4.69) is 6.92 Å². The fourth-order valence-corrected chi connectivity index (χ4v) is 8.05. The Balaban J connectivity index is 1.76. The first-order chi connectivity index (χ1) is 18.7. The Labute approximate surface area is 236 Å². The van der Waals surface area contributed by atoms with Gasteiger partial charge in [-0.25, -0.2) is 4.79 Å². The molecule has 2 fully saturated rings. The van der Waals surface area contributed by atoms with Crippen molar-refractivity contribution >= 4 is 17.7 Å². The SMILES string of the molecule is CCCCCC=CC=CC(=O)O[C@@H]1[C@@H](C)[C@@]2(O)[C@@H](C=C(CO)C[C@]3(O)C(=O)C(C)=C[C@@H]23)[C@@H]2C(C)(C)[C@]12OC(C)=O. The number of carbonyl (C=O) groups is 3. The van der Waals surface area contributed by atoms with Gasteiger partial charge in [-0.15, -0.1) is 0 Å². The predicted octanol–water partition coefficient (Wildman–Crippen LogP) is 3.74. The number of allylic oxidation sites excluding steroid dienone is 3. The van der Waals surface area contributed by atoms with E-state index in [1.807, 2.05) is 19.9 Å². The van der Waals surface area contributed by atoms with E-state index in [9.17, 15) is 29.7 Å². The highest BCUT2D eigenvalue weighted by Crippen LogP contribution is 2.77. The summed E-state index contributed by atoms with van der Waals surface area (Å²) in [5.41, 5.74) is -4.89. The molecule has 0 aromatic carbocycles. The van der Waals surface area contributed by atoms with Gasteiger partial charge in [0.15, 0.2) is 11.4 Å². The number of unbranched alkanes of at least 4 members (excludes halogenated alkanes) is 3. The van der Waals surface area contributed by atoms with E-state index in [1.54, 1.807) is 38.2 Å². The van der Waals surface area contributed by atoms with E-state index in [1.165, 1.54) is 13.0 Å². The number of esters is 2. The second kappa shape index (κ2) is 10.7. The molecule has 4 aliphatic carbocycles. The van der Waals surface area contributed by atoms with Crippen LogP contribution in [-0.2, 0) is 23.9 Å². The quantitative estimate of drug-likeness (QED) is 0.129. The van der Waals surface area contributed by atoms with Crippen molar-refractivity contribution in [1.82, 2.24) is 0 Å². The second-order valence-corrected chi connectivity index (χ2v) is 12.7. The van der Waals surface area contributed by atoms with Gasteiger partial charge < -0.3 is 24.8 Å². The first-order valence-corrected chi connectivity index (χ1v) is 14.4. The molecule has 0 amide bonds. The van der Waals surface area contributed by atoms with Crippen LogP contribution in [-0.4, -0.2) is 62.6 Å². The summed E-state index contributed by atoms with van der Waals surface area (Å²) in [7, 11) is 0. The number of ketones is 1. The Morgan fingerprint density at radius 3 is 2.48 bits per heavy atom. The minimum Gasteiger partial charge on any atom is -0.455 e. The molecule has 8 heteroatoms. The zero-order valence-corrected chi connectivity index (χ0v) is 24.5. The summed E-state index contributed by atoms with van der Waals surface area (Å²) < 4.78 is 12.0. The van der Waals surface area contributed by atoms with Crippen LogP contribution in [0.2, 0.25) is 0 Å². The second-order valence-electron chi connectivity index (χ2n) is 12.7. The van der Waals surface area contributed by atoms with Crippen LogP contribution in [0.3, 0.4) is 0 Å². The number of Topliss-reactive ketones (excluding diaryl/α,β-unsaturated/α-hetero) is 1. The van der Waals surface area contributed by atoms with Gasteiger partial charge in [-0.1, -0.05) is 70.9 Å². The molecule has 4 rings (SSSR count). The van der Waals surface area contributed by atoms with Crippen LogP contribution in [0.4, 0.5) is 0 Å². The Bertz CT molecular complexity index is 1180. The molecule has 2 saturated carbocycles. The number of ether oxygens (including phenoxy) is 2. The van der Waals surface area contributed by atoms with Gasteiger partial charge in [0.2, 0.25) is 0 Å². The Kier molecular flexibility index (Phi) is 8.13. The van der Waals surface area contributed by atoms with E-state index in [0.29, 0.717) is 11.1 Å². The molecular formula is C32H44O8. The van der Waals surface area contributed by atoms with E-state index >= 15 is 0 Å². The standard InChI is InChI=1S/C32H44O8/c1-7-8-9-10-11-12-13-14-25(35)39-28-20(3)31(38)23(26-29(5,6)32(26,28)40-21(4)34)16-22(18-33)17-30(37)24(31)15-19(2)27(30)36/h11-16,20,23-24,26,28,33,37-38H,7-10,17-18H2,1-6H3/t20-,23+,24-,26-,28-,30-,31-,32-/m1/s1. The molecule has 40 heavy (non-hydrogen) atoms. The van der Waals surface area contributed by atoms with Gasteiger partial charge in [0.05, 0.1) is 12.2 Å². The first-order valence-electron chi connectivity index (χ1n) is 14.4. The maximum Gasteiger partial charge on any atom is 0.331 e. The highest BCUT2D eigenvalue weighted by Gasteiger charge is 2.87. The average Bonchev–Trinajstić information content (AvgIpc) is 3.31. The van der Waals surface area contributed by atoms with Crippen LogP contribution in [0.5, 0.6) is 0 Å². The minimum atomic E-state index is -1.95. The summed E-state index contributed by atoms with van der Waals surface area (Å²) in [5, 5.41) is 34.6. The van der Waals surface area contributed by atoms with Crippen LogP contribution < -0.4 is 0 Å². The van der Waals surface area contributed by atoms with Gasteiger partial charge in [0.25, 0.3) is 0 Å². The number of carbonyl (C=O) groups excluding carboxylic acids is 3. The zero-order valence-electron chi connectivity index (χ0n) is 24.5. The smallest absolute Gasteiger partial charge is 0.331 e. The molecule has 0 aromatic heterocycles. The van der Waals surface area contributed by atoms with Gasteiger partial charge >= 0.3 is 11.9 Å². The van der Waals surface area contributed by atoms with Crippen LogP contribution in [0.15, 0.2) is 47.6 Å². The van der Waals surface area contributed by atoms with Crippen molar-refractivity contribution in [3.63, 3.8) is 0 Å². The third kappa shape index (κ3) is 4.43. The highest BCUT2D eigenvalue weighted by atomic mass is 16.6. The largest absolute Gasteiger partial charge is 0.455 e. The lowest BCUT2D eigenvalue weighted by atomic mass is 9.59. The van der Waals surface area contributed by atoms with Crippen LogP contribution in [0, 0.1) is 29.1 Å². The summed E-state index contributed by atoms with van der Waals surface area (Å²) in [6.07, 6.45) is 13.1. The molecule has 8 atom stereocenters. The van der Waals surface area contributed by atoms with Gasteiger partial charge in [0.1, 0.15) is 11.7 Å². The van der Waals surface area contributed by atoms with Crippen molar-refractivity contribution in [3.8, 4) is 0 Å². The van der Waals surface area contributed by atoms with Crippen LogP contribution in [0.1, 0.15) is 73.6 Å². The van der Waals surface area contributed by atoms with Crippen molar-refractivity contribution in [3.05, 3.63) is 47.6 Å². The number of hydrogen-bond donors (Lipinski definition) is 3. The molecule has 0 aromatic rings. The van der Waals surface area contributed by atoms with E-state index in [0.717, 1.165) is 25.7 Å². The molecule has 8 nitrogen and oxygen atoms in total. The number of rotatable bonds is 9. The molecule has 0 radical (unpaired) electrons. The van der Waals surface area contributed by atoms with Crippen molar-refractivity contribution in [1.29, 1.82) is 0 Å². The van der Waals surface area contributed by atoms with Crippen molar-refractivity contribution < 1.29 is 39.2 Å². The van der Waals surface area contributed by atoms with Gasteiger partial charge in [-0.2, -0.15) is 0 Å². The van der Waals surface area contributed by atoms with Crippen LogP contribution >= 0.6 is 0 Å². The van der Waals surface area contributed by atoms with Gasteiger partial charge in [0, 0.05) is 48.5 Å². The van der Waals surface area contributed by atoms with Crippen LogP contribution in [0.25, 0.3) is 0 Å². The lowest BCUT2D eigenvalue weighted by molar-refractivity contribution is -0.226. The molecule has 0 heterocycles. The predicted molar refractivity (Wildman–Crippen MR) is 149 cm³/mol. The maximum atomic E-state index is 13.2. The van der Waals surface area contributed by atoms with E-state index in [-0.39, 0.29) is 6.42 Å². The Morgan fingerprint density at radius 2 is 1.85 bits per heavy atom. The summed E-state index contributed by atoms with van der Waals surface area (Å²) >= 11 is 0. The Morgan fingerprint density at radius 1 is 1.15 bits per heavy atom. The van der Waals surface area contributed by atoms with Crippen molar-refractivity contribution in [2.45, 2.75) is 96.6 Å². The summed E-state index contributed by atoms with van der Waals surface area (Å²) in [4.78, 5) is 38.7. The molecule has 220 valence electrons. The molecule has 3 N–H and O–H groups in total. The molecule has 0 bridgehead atoms. The average molecular weight is 557 g/mol. The molecule has 0 spiro atoms. The number of hydrogen-bond acceptors (Lipinski definition) is 8. The fraction of sp³-hybridized carbons (Fsp3) is 0.656. The van der Waals surface area contributed by atoms with E-state index in [4.69, 9.17) is 9.47 Å². The molecule has 0 saturated heterocycles. The summed E-state index contributed by atoms with van der Waals surface area (Å²) in [5.74, 6) is -4.73. The van der Waals surface area contributed by atoms with Crippen molar-refractivity contribution in [2.24, 2.45) is 29.1 Å². The monoisotopic (exact) mass is 556 g/mol. The maximum absolute atomic E-state index is 13.2. The van der Waals surface area contributed by atoms with Gasteiger partial charge in [-0.05, 0) is 30.9 Å². The number of aliphatic hydroxyl groups is 3.